The molecule has 0 aromatic rings. The Hall–Kier alpha value is -1.77. The Labute approximate surface area is 154 Å². The topological polar surface area (TPSA) is 72.5 Å². The summed E-state index contributed by atoms with van der Waals surface area (Å²) in [4.78, 5) is 11.3. The molecular formula is C17H28F3NO4S. The molecule has 0 aliphatic carbocycles. The van der Waals surface area contributed by atoms with Crippen molar-refractivity contribution in [3.63, 3.8) is 0 Å². The van der Waals surface area contributed by atoms with Gasteiger partial charge < -0.3 is 9.50 Å². The van der Waals surface area contributed by atoms with Crippen molar-refractivity contribution < 1.29 is 30.6 Å². The van der Waals surface area contributed by atoms with Gasteiger partial charge in [-0.15, -0.1) is 0 Å². The van der Waals surface area contributed by atoms with Crippen molar-refractivity contribution in [3.8, 4) is 0 Å². The van der Waals surface area contributed by atoms with Gasteiger partial charge in [-0.3, -0.25) is 4.79 Å². The maximum Gasteiger partial charge on any atom is 0.534 e. The fourth-order valence-electron chi connectivity index (χ4n) is 1.28. The highest BCUT2D eigenvalue weighted by molar-refractivity contribution is 7.87. The molecule has 1 atom stereocenters. The number of amides is 1. The Kier molecular flexibility index (Phi) is 13.7. The Morgan fingerprint density at radius 2 is 1.65 bits per heavy atom. The van der Waals surface area contributed by atoms with E-state index in [4.69, 9.17) is 0 Å². The lowest BCUT2D eigenvalue weighted by Gasteiger charge is -2.13. The van der Waals surface area contributed by atoms with E-state index < -0.39 is 33.3 Å². The fraction of sp³-hybridized carbons (Fsp3) is 0.588. The predicted octanol–water partition coefficient (Wildman–Crippen LogP) is 4.59. The average Bonchev–Trinajstić information content (AvgIpc) is 2.54. The van der Waals surface area contributed by atoms with Crippen molar-refractivity contribution >= 4 is 16.0 Å². The van der Waals surface area contributed by atoms with Gasteiger partial charge in [0.25, 0.3) is 0 Å². The number of allylic oxidation sites excluding steroid dienone is 3. The van der Waals surface area contributed by atoms with E-state index in [1.165, 1.54) is 38.0 Å². The van der Waals surface area contributed by atoms with Crippen molar-refractivity contribution in [1.82, 2.24) is 5.32 Å². The third-order valence-electron chi connectivity index (χ3n) is 2.60. The number of hydrogen-bond acceptors (Lipinski definition) is 4. The van der Waals surface area contributed by atoms with Crippen LogP contribution < -0.4 is 5.32 Å². The van der Waals surface area contributed by atoms with Crippen molar-refractivity contribution in [2.24, 2.45) is 0 Å². The van der Waals surface area contributed by atoms with Crippen LogP contribution in [0.1, 0.15) is 53.9 Å². The molecule has 0 aromatic heterocycles. The quantitative estimate of drug-likeness (QED) is 0.556. The lowest BCUT2D eigenvalue weighted by Crippen LogP contribution is -2.30. The average molecular weight is 399 g/mol. The summed E-state index contributed by atoms with van der Waals surface area (Å²) in [6.07, 6.45) is 9.17. The standard InChI is InChI=1S/C11H12F3NO4S.C4H10.C2H6/c1-8-7-9(19-20(17,18)11(12,13)14)5-3-2-4-6-10(16)15-8;1-3-4-2;1-2/h3-8H,2H2,1H3,(H,15,16);3-4H2,1-2H3;1-2H3/b5-3-,6-4-,9-7+;;. The molecule has 152 valence electrons. The van der Waals surface area contributed by atoms with Crippen LogP contribution in [0.5, 0.6) is 0 Å². The smallest absolute Gasteiger partial charge is 0.376 e. The van der Waals surface area contributed by atoms with Gasteiger partial charge in [0, 0.05) is 6.04 Å². The molecule has 5 nitrogen and oxygen atoms in total. The zero-order chi connectivity index (χ0) is 20.8. The molecule has 1 N–H and O–H groups in total. The van der Waals surface area contributed by atoms with Gasteiger partial charge in [-0.1, -0.05) is 52.7 Å². The highest BCUT2D eigenvalue weighted by Crippen LogP contribution is 2.27. The largest absolute Gasteiger partial charge is 0.534 e. The van der Waals surface area contributed by atoms with E-state index in [1.54, 1.807) is 0 Å². The first-order chi connectivity index (χ1) is 12.0. The van der Waals surface area contributed by atoms with Gasteiger partial charge in [0.2, 0.25) is 5.91 Å². The second-order valence-corrected chi connectivity index (χ2v) is 6.43. The Morgan fingerprint density at radius 1 is 1.15 bits per heavy atom. The van der Waals surface area contributed by atoms with Gasteiger partial charge >= 0.3 is 15.6 Å². The summed E-state index contributed by atoms with van der Waals surface area (Å²) in [5.41, 5.74) is -5.51. The highest BCUT2D eigenvalue weighted by atomic mass is 32.2. The van der Waals surface area contributed by atoms with E-state index in [0.717, 1.165) is 12.2 Å². The predicted molar refractivity (Wildman–Crippen MR) is 96.6 cm³/mol. The van der Waals surface area contributed by atoms with E-state index in [2.05, 4.69) is 23.3 Å². The molecule has 1 aliphatic rings. The van der Waals surface area contributed by atoms with Gasteiger partial charge in [-0.05, 0) is 31.6 Å². The Morgan fingerprint density at radius 3 is 2.12 bits per heavy atom. The molecule has 0 fully saturated rings. The van der Waals surface area contributed by atoms with Gasteiger partial charge in [0.05, 0.1) is 0 Å². The molecule has 0 spiro atoms. The Balaban J connectivity index is 0. The molecular weight excluding hydrogens is 371 g/mol. The van der Waals surface area contributed by atoms with Gasteiger partial charge in [-0.2, -0.15) is 21.6 Å². The van der Waals surface area contributed by atoms with Crippen LogP contribution in [0.25, 0.3) is 0 Å². The van der Waals surface area contributed by atoms with Crippen molar-refractivity contribution in [1.29, 1.82) is 0 Å². The van der Waals surface area contributed by atoms with E-state index in [0.29, 0.717) is 0 Å². The second-order valence-electron chi connectivity index (χ2n) is 4.89. The number of carbonyl (C=O) groups excluding carboxylic acids is 1. The number of alkyl halides is 3. The third kappa shape index (κ3) is 11.7. The number of unbranched alkanes of at least 4 members (excludes halogenated alkanes) is 1. The molecule has 1 rings (SSSR count). The minimum atomic E-state index is -5.73. The number of carbonyl (C=O) groups is 1. The minimum Gasteiger partial charge on any atom is -0.376 e. The normalized spacial score (nSPS) is 22.1. The van der Waals surface area contributed by atoms with Crippen LogP contribution in [0.4, 0.5) is 13.2 Å². The second kappa shape index (κ2) is 13.4. The fourth-order valence-corrected chi connectivity index (χ4v) is 1.74. The Bertz CT molecular complexity index is 592. The summed E-state index contributed by atoms with van der Waals surface area (Å²) < 4.78 is 62.6. The number of rotatable bonds is 3. The van der Waals surface area contributed by atoms with Gasteiger partial charge in [0.1, 0.15) is 5.76 Å². The zero-order valence-corrected chi connectivity index (χ0v) is 16.6. The number of halogens is 3. The molecule has 0 bridgehead atoms. The highest BCUT2D eigenvalue weighted by Gasteiger charge is 2.48. The maximum atomic E-state index is 12.2. The van der Waals surface area contributed by atoms with E-state index in [9.17, 15) is 26.4 Å². The molecule has 0 saturated carbocycles. The van der Waals surface area contributed by atoms with Crippen molar-refractivity contribution in [2.45, 2.75) is 65.4 Å². The van der Waals surface area contributed by atoms with Crippen molar-refractivity contribution in [2.75, 3.05) is 0 Å². The molecule has 1 amide bonds. The zero-order valence-electron chi connectivity index (χ0n) is 15.8. The molecule has 26 heavy (non-hydrogen) atoms. The first-order valence-electron chi connectivity index (χ1n) is 8.39. The van der Waals surface area contributed by atoms with E-state index >= 15 is 0 Å². The van der Waals surface area contributed by atoms with Gasteiger partial charge in [0.15, 0.2) is 0 Å². The molecule has 0 aromatic carbocycles. The van der Waals surface area contributed by atoms with Crippen LogP contribution in [0, 0.1) is 0 Å². The first kappa shape index (κ1) is 26.5. The summed E-state index contributed by atoms with van der Waals surface area (Å²) >= 11 is 0. The van der Waals surface area contributed by atoms with Crippen LogP contribution in [-0.2, 0) is 19.1 Å². The van der Waals surface area contributed by atoms with Crippen LogP contribution in [-0.4, -0.2) is 25.9 Å². The van der Waals surface area contributed by atoms with Crippen LogP contribution in [0.3, 0.4) is 0 Å². The summed E-state index contributed by atoms with van der Waals surface area (Å²) in [6, 6.07) is -0.701. The monoisotopic (exact) mass is 399 g/mol. The maximum absolute atomic E-state index is 12.2. The first-order valence-corrected chi connectivity index (χ1v) is 9.80. The number of nitrogens with one attached hydrogen (secondary N) is 1. The summed E-state index contributed by atoms with van der Waals surface area (Å²) in [7, 11) is -5.73. The van der Waals surface area contributed by atoms with Crippen LogP contribution in [0.15, 0.2) is 36.1 Å². The van der Waals surface area contributed by atoms with Crippen LogP contribution in [0.2, 0.25) is 0 Å². The molecule has 1 heterocycles. The summed E-state index contributed by atoms with van der Waals surface area (Å²) in [5, 5.41) is 2.41. The SMILES string of the molecule is CC.CC1/C=C(OS(=O)(=O)C(F)(F)F)\C=C/C/C=C\C(=O)N1.CCCC. The molecule has 0 radical (unpaired) electrons. The van der Waals surface area contributed by atoms with E-state index in [1.807, 2.05) is 13.8 Å². The molecule has 0 saturated heterocycles. The van der Waals surface area contributed by atoms with E-state index in [-0.39, 0.29) is 6.42 Å². The molecule has 1 aliphatic heterocycles. The third-order valence-corrected chi connectivity index (χ3v) is 3.58. The summed E-state index contributed by atoms with van der Waals surface area (Å²) in [6.45, 7) is 9.82. The summed E-state index contributed by atoms with van der Waals surface area (Å²) in [5.74, 6) is -0.951. The number of hydrogen-bond donors (Lipinski definition) is 1. The van der Waals surface area contributed by atoms with Crippen LogP contribution >= 0.6 is 0 Å². The minimum absolute atomic E-state index is 0.245. The molecule has 9 heteroatoms. The molecule has 1 unspecified atom stereocenters. The van der Waals surface area contributed by atoms with Crippen molar-refractivity contribution in [3.05, 3.63) is 36.1 Å². The van der Waals surface area contributed by atoms with Gasteiger partial charge in [-0.25, -0.2) is 0 Å². The lowest BCUT2D eigenvalue weighted by atomic mass is 10.2. The lowest BCUT2D eigenvalue weighted by molar-refractivity contribution is -0.116.